The highest BCUT2D eigenvalue weighted by Crippen LogP contribution is 2.19. The molecule has 0 saturated carbocycles. The first-order chi connectivity index (χ1) is 8.45. The Labute approximate surface area is 104 Å². The number of aryl methyl sites for hydroxylation is 3. The molecular weight excluding hydrogens is 230 g/mol. The number of hydrogen-bond acceptors (Lipinski definition) is 2. The van der Waals surface area contributed by atoms with Gasteiger partial charge in [-0.15, -0.1) is 0 Å². The molecule has 0 unspecified atom stereocenters. The van der Waals surface area contributed by atoms with Crippen LogP contribution < -0.4 is 5.43 Å². The quantitative estimate of drug-likeness (QED) is 0.883. The monoisotopic (exact) mass is 245 g/mol. The highest BCUT2D eigenvalue weighted by molar-refractivity contribution is 5.93. The van der Waals surface area contributed by atoms with E-state index in [1.165, 1.54) is 6.20 Å². The zero-order valence-corrected chi connectivity index (χ0v) is 10.7. The minimum absolute atomic E-state index is 0.172. The van der Waals surface area contributed by atoms with Crippen molar-refractivity contribution in [2.45, 2.75) is 27.3 Å². The van der Waals surface area contributed by atoms with Crippen LogP contribution in [0.4, 0.5) is 0 Å². The Morgan fingerprint density at radius 3 is 2.56 bits per heavy atom. The fraction of sp³-hybridized carbons (Fsp3) is 0.286. The van der Waals surface area contributed by atoms with Gasteiger partial charge in [0.15, 0.2) is 0 Å². The molecule has 18 heavy (non-hydrogen) atoms. The van der Waals surface area contributed by atoms with Crippen LogP contribution in [0.25, 0.3) is 10.9 Å². The highest BCUT2D eigenvalue weighted by Gasteiger charge is 2.15. The van der Waals surface area contributed by atoms with E-state index < -0.39 is 11.4 Å². The molecule has 0 radical (unpaired) electrons. The van der Waals surface area contributed by atoms with E-state index in [1.54, 1.807) is 6.07 Å². The van der Waals surface area contributed by atoms with Gasteiger partial charge in [-0.05, 0) is 38.0 Å². The van der Waals surface area contributed by atoms with Crippen LogP contribution in [-0.2, 0) is 6.54 Å². The lowest BCUT2D eigenvalue weighted by molar-refractivity contribution is 0.0695. The first-order valence-electron chi connectivity index (χ1n) is 5.83. The van der Waals surface area contributed by atoms with E-state index in [0.717, 1.165) is 16.6 Å². The summed E-state index contributed by atoms with van der Waals surface area (Å²) in [4.78, 5) is 23.2. The maximum absolute atomic E-state index is 12.1. The van der Waals surface area contributed by atoms with E-state index in [4.69, 9.17) is 5.11 Å². The zero-order valence-electron chi connectivity index (χ0n) is 10.7. The first kappa shape index (κ1) is 12.4. The van der Waals surface area contributed by atoms with Crippen LogP contribution >= 0.6 is 0 Å². The maximum atomic E-state index is 12.1. The fourth-order valence-electron chi connectivity index (χ4n) is 2.34. The third kappa shape index (κ3) is 1.79. The Kier molecular flexibility index (Phi) is 2.95. The summed E-state index contributed by atoms with van der Waals surface area (Å²) in [6, 6.07) is 3.75. The lowest BCUT2D eigenvalue weighted by Crippen LogP contribution is -2.19. The molecular formula is C14H15NO3. The molecule has 0 aliphatic heterocycles. The number of carboxylic acids is 1. The molecule has 0 spiro atoms. The van der Waals surface area contributed by atoms with Crippen LogP contribution in [0.5, 0.6) is 0 Å². The highest BCUT2D eigenvalue weighted by atomic mass is 16.4. The minimum Gasteiger partial charge on any atom is -0.477 e. The van der Waals surface area contributed by atoms with Crippen molar-refractivity contribution in [2.75, 3.05) is 0 Å². The number of hydrogen-bond donors (Lipinski definition) is 1. The number of carboxylic acid groups (broad SMARTS) is 1. The number of benzene rings is 1. The molecule has 0 aliphatic rings. The summed E-state index contributed by atoms with van der Waals surface area (Å²) in [5.74, 6) is -1.18. The molecule has 2 aromatic rings. The van der Waals surface area contributed by atoms with Gasteiger partial charge in [-0.1, -0.05) is 6.07 Å². The molecule has 1 aromatic heterocycles. The van der Waals surface area contributed by atoms with Crippen molar-refractivity contribution < 1.29 is 9.90 Å². The van der Waals surface area contributed by atoms with Gasteiger partial charge in [0, 0.05) is 18.1 Å². The number of nitrogens with zero attached hydrogens (tertiary/aromatic N) is 1. The summed E-state index contributed by atoms with van der Waals surface area (Å²) >= 11 is 0. The summed E-state index contributed by atoms with van der Waals surface area (Å²) in [5.41, 5.74) is 2.18. The fourth-order valence-corrected chi connectivity index (χ4v) is 2.34. The molecule has 1 heterocycles. The smallest absolute Gasteiger partial charge is 0.341 e. The van der Waals surface area contributed by atoms with Gasteiger partial charge in [0.25, 0.3) is 0 Å². The summed E-state index contributed by atoms with van der Waals surface area (Å²) in [7, 11) is 0. The van der Waals surface area contributed by atoms with E-state index >= 15 is 0 Å². The summed E-state index contributed by atoms with van der Waals surface area (Å²) < 4.78 is 1.81. The van der Waals surface area contributed by atoms with Crippen molar-refractivity contribution in [3.63, 3.8) is 0 Å². The van der Waals surface area contributed by atoms with Crippen molar-refractivity contribution in [2.24, 2.45) is 0 Å². The van der Waals surface area contributed by atoms with Gasteiger partial charge in [-0.25, -0.2) is 4.79 Å². The number of carbonyl (C=O) groups is 1. The molecule has 0 fully saturated rings. The molecule has 0 aliphatic carbocycles. The molecule has 0 saturated heterocycles. The van der Waals surface area contributed by atoms with Crippen LogP contribution in [0.3, 0.4) is 0 Å². The predicted molar refractivity (Wildman–Crippen MR) is 70.3 cm³/mol. The predicted octanol–water partition coefficient (Wildman–Crippen LogP) is 2.34. The average molecular weight is 245 g/mol. The lowest BCUT2D eigenvalue weighted by Gasteiger charge is -2.13. The average Bonchev–Trinajstić information content (AvgIpc) is 2.29. The summed E-state index contributed by atoms with van der Waals surface area (Å²) in [6.45, 7) is 6.38. The van der Waals surface area contributed by atoms with Crippen LogP contribution in [0.2, 0.25) is 0 Å². The van der Waals surface area contributed by atoms with E-state index in [-0.39, 0.29) is 5.56 Å². The third-order valence-corrected chi connectivity index (χ3v) is 3.08. The Morgan fingerprint density at radius 2 is 2.00 bits per heavy atom. The lowest BCUT2D eigenvalue weighted by atomic mass is 10.0. The largest absolute Gasteiger partial charge is 0.477 e. The van der Waals surface area contributed by atoms with Gasteiger partial charge in [0.05, 0.1) is 5.52 Å². The molecule has 0 atom stereocenters. The van der Waals surface area contributed by atoms with E-state index in [0.29, 0.717) is 11.9 Å². The maximum Gasteiger partial charge on any atom is 0.341 e. The van der Waals surface area contributed by atoms with Crippen molar-refractivity contribution >= 4 is 16.9 Å². The van der Waals surface area contributed by atoms with Crippen LogP contribution in [-0.4, -0.2) is 15.6 Å². The zero-order chi connectivity index (χ0) is 13.4. The van der Waals surface area contributed by atoms with Crippen molar-refractivity contribution in [1.29, 1.82) is 0 Å². The van der Waals surface area contributed by atoms with Crippen LogP contribution in [0.15, 0.2) is 23.1 Å². The number of rotatable bonds is 2. The Balaban J connectivity index is 3.03. The number of fused-ring (bicyclic) bond motifs is 1. The van der Waals surface area contributed by atoms with E-state index in [9.17, 15) is 9.59 Å². The molecule has 4 nitrogen and oxygen atoms in total. The van der Waals surface area contributed by atoms with E-state index in [2.05, 4.69) is 0 Å². The van der Waals surface area contributed by atoms with Gasteiger partial charge in [-0.2, -0.15) is 0 Å². The number of pyridine rings is 1. The summed E-state index contributed by atoms with van der Waals surface area (Å²) in [6.07, 6.45) is 1.43. The van der Waals surface area contributed by atoms with Crippen molar-refractivity contribution in [3.8, 4) is 0 Å². The van der Waals surface area contributed by atoms with E-state index in [1.807, 2.05) is 31.4 Å². The molecule has 94 valence electrons. The second kappa shape index (κ2) is 4.29. The third-order valence-electron chi connectivity index (χ3n) is 3.08. The topological polar surface area (TPSA) is 59.3 Å². The SMILES string of the molecule is CCn1cc(C(=O)O)c(=O)c2cc(C)cc(C)c21. The van der Waals surface area contributed by atoms with Gasteiger partial charge in [-0.3, -0.25) is 4.79 Å². The number of aromatic carboxylic acids is 1. The second-order valence-electron chi connectivity index (χ2n) is 4.44. The van der Waals surface area contributed by atoms with Crippen LogP contribution in [0.1, 0.15) is 28.4 Å². The van der Waals surface area contributed by atoms with Gasteiger partial charge in [0.2, 0.25) is 5.43 Å². The van der Waals surface area contributed by atoms with Gasteiger partial charge in [0.1, 0.15) is 5.56 Å². The van der Waals surface area contributed by atoms with Gasteiger partial charge >= 0.3 is 5.97 Å². The first-order valence-corrected chi connectivity index (χ1v) is 5.83. The second-order valence-corrected chi connectivity index (χ2v) is 4.44. The molecule has 2 rings (SSSR count). The van der Waals surface area contributed by atoms with Crippen LogP contribution in [0, 0.1) is 13.8 Å². The minimum atomic E-state index is -1.18. The van der Waals surface area contributed by atoms with Crippen molar-refractivity contribution in [1.82, 2.24) is 4.57 Å². The Hall–Kier alpha value is -2.10. The molecule has 0 amide bonds. The number of aromatic nitrogens is 1. The molecule has 4 heteroatoms. The Bertz CT molecular complexity index is 698. The van der Waals surface area contributed by atoms with Crippen molar-refractivity contribution in [3.05, 3.63) is 45.2 Å². The molecule has 1 aromatic carbocycles. The molecule has 0 bridgehead atoms. The van der Waals surface area contributed by atoms with Gasteiger partial charge < -0.3 is 9.67 Å². The Morgan fingerprint density at radius 1 is 1.33 bits per heavy atom. The summed E-state index contributed by atoms with van der Waals surface area (Å²) in [5, 5.41) is 9.55. The molecule has 1 N–H and O–H groups in total. The normalized spacial score (nSPS) is 10.8. The standard InChI is InChI=1S/C14H15NO3/c1-4-15-7-11(14(17)18)13(16)10-6-8(2)5-9(3)12(10)15/h5-7H,4H2,1-3H3,(H,17,18).